The third-order valence-electron chi connectivity index (χ3n) is 3.93. The van der Waals surface area contributed by atoms with Gasteiger partial charge in [0.15, 0.2) is 11.7 Å². The maximum Gasteiger partial charge on any atom is 0.247 e. The molecule has 0 aliphatic rings. The summed E-state index contributed by atoms with van der Waals surface area (Å²) in [6, 6.07) is 17.0. The molecule has 1 N–H and O–H groups in total. The lowest BCUT2D eigenvalue weighted by molar-refractivity contribution is -0.116. The number of nitrogens with zero attached hydrogens (tertiary/aromatic N) is 3. The number of amides is 1. The number of anilines is 1. The van der Waals surface area contributed by atoms with E-state index in [1.54, 1.807) is 18.3 Å². The highest BCUT2D eigenvalue weighted by Crippen LogP contribution is 2.22. The Morgan fingerprint density at radius 1 is 1.04 bits per heavy atom. The molecule has 0 atom stereocenters. The maximum atomic E-state index is 12.2. The zero-order valence-electron chi connectivity index (χ0n) is 14.3. The van der Waals surface area contributed by atoms with Gasteiger partial charge >= 0.3 is 0 Å². The van der Waals surface area contributed by atoms with Crippen molar-refractivity contribution >= 4 is 11.6 Å². The van der Waals surface area contributed by atoms with Crippen molar-refractivity contribution in [1.29, 1.82) is 0 Å². The summed E-state index contributed by atoms with van der Waals surface area (Å²) in [5.41, 5.74) is 2.36. The Morgan fingerprint density at radius 3 is 2.70 bits per heavy atom. The predicted molar refractivity (Wildman–Crippen MR) is 98.6 cm³/mol. The largest absolute Gasteiger partial charge is 0.441 e. The first-order chi connectivity index (χ1) is 13.3. The molecular weight excluding hydrogens is 344 g/mol. The van der Waals surface area contributed by atoms with Crippen LogP contribution in [0, 0.1) is 0 Å². The first kappa shape index (κ1) is 16.7. The molecule has 0 saturated carbocycles. The summed E-state index contributed by atoms with van der Waals surface area (Å²) < 4.78 is 10.9. The first-order valence-electron chi connectivity index (χ1n) is 8.44. The van der Waals surface area contributed by atoms with Crippen molar-refractivity contribution in [3.63, 3.8) is 0 Å². The monoisotopic (exact) mass is 360 g/mol. The number of carbonyl (C=O) groups is 1. The molecule has 0 unspecified atom stereocenters. The third-order valence-corrected chi connectivity index (χ3v) is 3.93. The number of rotatable bonds is 6. The van der Waals surface area contributed by atoms with Gasteiger partial charge in [-0.2, -0.15) is 0 Å². The molecular formula is C20H16N4O3. The second-order valence-electron chi connectivity index (χ2n) is 5.86. The molecule has 0 spiro atoms. The van der Waals surface area contributed by atoms with Crippen LogP contribution in [0.1, 0.15) is 12.3 Å². The van der Waals surface area contributed by atoms with Gasteiger partial charge in [0.2, 0.25) is 18.2 Å². The van der Waals surface area contributed by atoms with Crippen LogP contribution in [-0.2, 0) is 11.2 Å². The van der Waals surface area contributed by atoms with Crippen molar-refractivity contribution < 1.29 is 13.6 Å². The van der Waals surface area contributed by atoms with Gasteiger partial charge in [0.05, 0.1) is 6.20 Å². The number of benzene rings is 2. The Kier molecular flexibility index (Phi) is 4.74. The van der Waals surface area contributed by atoms with Crippen molar-refractivity contribution in [2.45, 2.75) is 12.8 Å². The number of nitrogens with one attached hydrogen (secondary N) is 1. The molecule has 2 aromatic carbocycles. The Hall–Kier alpha value is -3.74. The summed E-state index contributed by atoms with van der Waals surface area (Å²) in [5, 5.41) is 10.4. The van der Waals surface area contributed by atoms with Crippen LogP contribution >= 0.6 is 0 Å². The second kappa shape index (κ2) is 7.65. The van der Waals surface area contributed by atoms with E-state index in [0.717, 1.165) is 11.1 Å². The van der Waals surface area contributed by atoms with Crippen LogP contribution in [0.5, 0.6) is 0 Å². The minimum Gasteiger partial charge on any atom is -0.441 e. The van der Waals surface area contributed by atoms with E-state index >= 15 is 0 Å². The molecule has 7 nitrogen and oxygen atoms in total. The fourth-order valence-electron chi connectivity index (χ4n) is 2.63. The van der Waals surface area contributed by atoms with Crippen LogP contribution in [0.15, 0.2) is 76.0 Å². The van der Waals surface area contributed by atoms with Gasteiger partial charge in [0.1, 0.15) is 0 Å². The molecule has 7 heteroatoms. The minimum absolute atomic E-state index is 0.128. The molecule has 0 radical (unpaired) electrons. The Labute approximate surface area is 155 Å². The van der Waals surface area contributed by atoms with E-state index in [1.807, 2.05) is 42.5 Å². The van der Waals surface area contributed by atoms with E-state index < -0.39 is 0 Å². The Bertz CT molecular complexity index is 1030. The first-order valence-corrected chi connectivity index (χ1v) is 8.44. The number of aryl methyl sites for hydroxylation is 1. The highest BCUT2D eigenvalue weighted by molar-refractivity contribution is 5.91. The normalized spacial score (nSPS) is 10.7. The molecule has 27 heavy (non-hydrogen) atoms. The molecule has 0 saturated heterocycles. The lowest BCUT2D eigenvalue weighted by Gasteiger charge is -2.05. The average Bonchev–Trinajstić information content (AvgIpc) is 3.40. The molecule has 2 aromatic heterocycles. The predicted octanol–water partition coefficient (Wildman–Crippen LogP) is 3.96. The summed E-state index contributed by atoms with van der Waals surface area (Å²) in [7, 11) is 0. The standard InChI is InChI=1S/C20H16N4O3/c25-18(23-16-8-4-7-15(11-16)20-24-22-13-26-20)9-10-19-21-12-17(27-19)14-5-2-1-3-6-14/h1-8,11-13H,9-10H2,(H,23,25). The summed E-state index contributed by atoms with van der Waals surface area (Å²) in [6.45, 7) is 0. The smallest absolute Gasteiger partial charge is 0.247 e. The summed E-state index contributed by atoms with van der Waals surface area (Å²) >= 11 is 0. The Morgan fingerprint density at radius 2 is 1.89 bits per heavy atom. The summed E-state index contributed by atoms with van der Waals surface area (Å²) in [6.07, 6.45) is 3.62. The molecule has 0 bridgehead atoms. The fraction of sp³-hybridized carbons (Fsp3) is 0.100. The molecule has 2 heterocycles. The zero-order chi connectivity index (χ0) is 18.5. The third kappa shape index (κ3) is 4.09. The van der Waals surface area contributed by atoms with E-state index in [2.05, 4.69) is 20.5 Å². The van der Waals surface area contributed by atoms with Crippen molar-refractivity contribution in [3.05, 3.63) is 73.1 Å². The lowest BCUT2D eigenvalue weighted by atomic mass is 10.2. The van der Waals surface area contributed by atoms with Crippen LogP contribution in [0.3, 0.4) is 0 Å². The molecule has 134 valence electrons. The molecule has 1 amide bonds. The molecule has 0 fully saturated rings. The number of oxazole rings is 1. The van der Waals surface area contributed by atoms with Crippen molar-refractivity contribution in [1.82, 2.24) is 15.2 Å². The molecule has 0 aliphatic heterocycles. The van der Waals surface area contributed by atoms with E-state index in [0.29, 0.717) is 29.6 Å². The lowest BCUT2D eigenvalue weighted by Crippen LogP contribution is -2.12. The molecule has 4 aromatic rings. The van der Waals surface area contributed by atoms with E-state index in [4.69, 9.17) is 8.83 Å². The van der Waals surface area contributed by atoms with Crippen LogP contribution < -0.4 is 5.32 Å². The molecule has 0 aliphatic carbocycles. The molecule has 4 rings (SSSR count). The van der Waals surface area contributed by atoms with Gasteiger partial charge in [0.25, 0.3) is 0 Å². The van der Waals surface area contributed by atoms with Gasteiger partial charge in [-0.15, -0.1) is 10.2 Å². The van der Waals surface area contributed by atoms with Gasteiger partial charge in [0, 0.05) is 29.7 Å². The van der Waals surface area contributed by atoms with Crippen LogP contribution in [-0.4, -0.2) is 21.1 Å². The van der Waals surface area contributed by atoms with Gasteiger partial charge in [-0.25, -0.2) is 4.98 Å². The van der Waals surface area contributed by atoms with E-state index in [9.17, 15) is 4.79 Å². The SMILES string of the molecule is O=C(CCc1ncc(-c2ccccc2)o1)Nc1cccc(-c2nnco2)c1. The van der Waals surface area contributed by atoms with Crippen molar-refractivity contribution in [3.8, 4) is 22.8 Å². The zero-order valence-corrected chi connectivity index (χ0v) is 14.3. The maximum absolute atomic E-state index is 12.2. The highest BCUT2D eigenvalue weighted by atomic mass is 16.4. The van der Waals surface area contributed by atoms with Gasteiger partial charge in [-0.3, -0.25) is 4.79 Å². The fourth-order valence-corrected chi connectivity index (χ4v) is 2.63. The van der Waals surface area contributed by atoms with Crippen LogP contribution in [0.4, 0.5) is 5.69 Å². The van der Waals surface area contributed by atoms with Crippen molar-refractivity contribution in [2.75, 3.05) is 5.32 Å². The highest BCUT2D eigenvalue weighted by Gasteiger charge is 2.10. The topological polar surface area (TPSA) is 94.1 Å². The van der Waals surface area contributed by atoms with Crippen molar-refractivity contribution in [2.24, 2.45) is 0 Å². The van der Waals surface area contributed by atoms with E-state index in [-0.39, 0.29) is 12.3 Å². The average molecular weight is 360 g/mol. The number of hydrogen-bond donors (Lipinski definition) is 1. The Balaban J connectivity index is 1.35. The van der Waals surface area contributed by atoms with E-state index in [1.165, 1.54) is 6.39 Å². The minimum atomic E-state index is -0.128. The summed E-state index contributed by atoms with van der Waals surface area (Å²) in [5.74, 6) is 1.50. The quantitative estimate of drug-likeness (QED) is 0.559. The van der Waals surface area contributed by atoms with Crippen LogP contribution in [0.2, 0.25) is 0 Å². The second-order valence-corrected chi connectivity index (χ2v) is 5.86. The van der Waals surface area contributed by atoms with Gasteiger partial charge in [-0.1, -0.05) is 36.4 Å². The van der Waals surface area contributed by atoms with Gasteiger partial charge < -0.3 is 14.2 Å². The van der Waals surface area contributed by atoms with Crippen LogP contribution in [0.25, 0.3) is 22.8 Å². The number of carbonyl (C=O) groups excluding carboxylic acids is 1. The number of aromatic nitrogens is 3. The summed E-state index contributed by atoms with van der Waals surface area (Å²) in [4.78, 5) is 16.5. The number of hydrogen-bond acceptors (Lipinski definition) is 6. The van der Waals surface area contributed by atoms with Gasteiger partial charge in [-0.05, 0) is 18.2 Å².